The van der Waals surface area contributed by atoms with E-state index in [-0.39, 0.29) is 31.4 Å². The van der Waals surface area contributed by atoms with Crippen LogP contribution in [0, 0.1) is 6.92 Å². The van der Waals surface area contributed by atoms with Crippen molar-refractivity contribution in [2.75, 3.05) is 13.2 Å². The van der Waals surface area contributed by atoms with Gasteiger partial charge >= 0.3 is 0 Å². The number of ether oxygens (including phenoxy) is 1. The standard InChI is InChI=1S/C25H26N2O4S/c1-19-7-9-20(10-8-19)16-26-25(28)22-11-12-24-23(15-22)17-27(13-14-31-24)32(29,30)18-21-5-3-2-4-6-21/h2-12,15H,13-14,16-18H2,1H3,(H,26,28). The van der Waals surface area contributed by atoms with Crippen LogP contribution in [0.25, 0.3) is 0 Å². The Hall–Kier alpha value is -3.16. The third-order valence-corrected chi connectivity index (χ3v) is 7.22. The minimum atomic E-state index is -3.53. The molecule has 1 N–H and O–H groups in total. The molecule has 3 aromatic rings. The molecule has 3 aromatic carbocycles. The van der Waals surface area contributed by atoms with Crippen LogP contribution in [0.5, 0.6) is 5.75 Å². The molecule has 0 spiro atoms. The molecule has 6 nitrogen and oxygen atoms in total. The van der Waals surface area contributed by atoms with Gasteiger partial charge in [-0.15, -0.1) is 0 Å². The van der Waals surface area contributed by atoms with Crippen molar-refractivity contribution in [1.82, 2.24) is 9.62 Å². The van der Waals surface area contributed by atoms with Crippen molar-refractivity contribution in [3.8, 4) is 5.75 Å². The minimum Gasteiger partial charge on any atom is -0.492 e. The number of fused-ring (bicyclic) bond motifs is 1. The van der Waals surface area contributed by atoms with E-state index in [1.165, 1.54) is 4.31 Å². The summed E-state index contributed by atoms with van der Waals surface area (Å²) in [5.74, 6) is 0.328. The summed E-state index contributed by atoms with van der Waals surface area (Å²) >= 11 is 0. The SMILES string of the molecule is Cc1ccc(CNC(=O)c2ccc3c(c2)CN(S(=O)(=O)Cc2ccccc2)CCO3)cc1. The van der Waals surface area contributed by atoms with Crippen molar-refractivity contribution in [2.24, 2.45) is 0 Å². The normalized spacial score (nSPS) is 14.2. The third-order valence-electron chi connectivity index (χ3n) is 5.43. The van der Waals surface area contributed by atoms with Gasteiger partial charge in [0.1, 0.15) is 12.4 Å². The van der Waals surface area contributed by atoms with Crippen LogP contribution in [0.2, 0.25) is 0 Å². The summed E-state index contributed by atoms with van der Waals surface area (Å²) in [7, 11) is -3.53. The van der Waals surface area contributed by atoms with Crippen molar-refractivity contribution in [3.05, 3.63) is 101 Å². The lowest BCUT2D eigenvalue weighted by molar-refractivity contribution is 0.0950. The van der Waals surface area contributed by atoms with Crippen LogP contribution in [0.15, 0.2) is 72.8 Å². The van der Waals surface area contributed by atoms with E-state index >= 15 is 0 Å². The van der Waals surface area contributed by atoms with E-state index in [1.54, 1.807) is 30.3 Å². The molecule has 0 bridgehead atoms. The summed E-state index contributed by atoms with van der Waals surface area (Å²) in [5.41, 5.74) is 4.07. The maximum atomic E-state index is 13.0. The molecule has 1 amide bonds. The Kier molecular flexibility index (Phi) is 6.58. The molecule has 0 aliphatic carbocycles. The number of rotatable bonds is 6. The Labute approximate surface area is 188 Å². The van der Waals surface area contributed by atoms with Crippen LogP contribution in [0.3, 0.4) is 0 Å². The van der Waals surface area contributed by atoms with Crippen molar-refractivity contribution < 1.29 is 17.9 Å². The molecule has 1 aliphatic heterocycles. The molecule has 0 unspecified atom stereocenters. The predicted octanol–water partition coefficient (Wildman–Crippen LogP) is 3.65. The Balaban J connectivity index is 1.48. The van der Waals surface area contributed by atoms with E-state index in [9.17, 15) is 13.2 Å². The molecule has 32 heavy (non-hydrogen) atoms. The molecule has 0 saturated carbocycles. The molecule has 4 rings (SSSR count). The molecular formula is C25H26N2O4S. The third kappa shape index (κ3) is 5.36. The average molecular weight is 451 g/mol. The van der Waals surface area contributed by atoms with Crippen molar-refractivity contribution >= 4 is 15.9 Å². The van der Waals surface area contributed by atoms with E-state index in [0.717, 1.165) is 16.7 Å². The van der Waals surface area contributed by atoms with Gasteiger partial charge in [0.2, 0.25) is 10.0 Å². The number of benzene rings is 3. The monoisotopic (exact) mass is 450 g/mol. The van der Waals surface area contributed by atoms with Gasteiger partial charge in [-0.2, -0.15) is 4.31 Å². The highest BCUT2D eigenvalue weighted by molar-refractivity contribution is 7.88. The van der Waals surface area contributed by atoms with E-state index in [4.69, 9.17) is 4.74 Å². The highest BCUT2D eigenvalue weighted by Crippen LogP contribution is 2.26. The van der Waals surface area contributed by atoms with E-state index in [0.29, 0.717) is 23.4 Å². The average Bonchev–Trinajstić information content (AvgIpc) is 3.01. The zero-order valence-corrected chi connectivity index (χ0v) is 18.8. The second-order valence-electron chi connectivity index (χ2n) is 7.91. The van der Waals surface area contributed by atoms with Crippen molar-refractivity contribution in [2.45, 2.75) is 25.8 Å². The van der Waals surface area contributed by atoms with Gasteiger partial charge in [0.25, 0.3) is 5.91 Å². The number of aryl methyl sites for hydroxylation is 1. The number of sulfonamides is 1. The fraction of sp³-hybridized carbons (Fsp3) is 0.240. The summed E-state index contributed by atoms with van der Waals surface area (Å²) in [6.07, 6.45) is 0. The lowest BCUT2D eigenvalue weighted by atomic mass is 10.1. The lowest BCUT2D eigenvalue weighted by Crippen LogP contribution is -2.33. The molecule has 0 fully saturated rings. The largest absolute Gasteiger partial charge is 0.492 e. The van der Waals surface area contributed by atoms with Crippen molar-refractivity contribution in [1.29, 1.82) is 0 Å². The summed E-state index contributed by atoms with van der Waals surface area (Å²) in [6.45, 7) is 3.14. The quantitative estimate of drug-likeness (QED) is 0.622. The maximum Gasteiger partial charge on any atom is 0.251 e. The molecule has 7 heteroatoms. The van der Waals surface area contributed by atoms with Crippen LogP contribution in [-0.4, -0.2) is 31.8 Å². The number of nitrogens with zero attached hydrogens (tertiary/aromatic N) is 1. The molecular weight excluding hydrogens is 424 g/mol. The molecule has 0 radical (unpaired) electrons. The van der Waals surface area contributed by atoms with E-state index in [2.05, 4.69) is 5.32 Å². The molecule has 0 atom stereocenters. The summed E-state index contributed by atoms with van der Waals surface area (Å²) in [5, 5.41) is 2.92. The second-order valence-corrected chi connectivity index (χ2v) is 9.88. The van der Waals surface area contributed by atoms with Gasteiger partial charge in [-0.05, 0) is 36.2 Å². The highest BCUT2D eigenvalue weighted by atomic mass is 32.2. The number of amides is 1. The number of carbonyl (C=O) groups is 1. The van der Waals surface area contributed by atoms with Crippen molar-refractivity contribution in [3.63, 3.8) is 0 Å². The van der Waals surface area contributed by atoms with Gasteiger partial charge in [0, 0.05) is 30.8 Å². The van der Waals surface area contributed by atoms with Crippen LogP contribution in [0.4, 0.5) is 0 Å². The first-order valence-corrected chi connectivity index (χ1v) is 12.1. The zero-order valence-electron chi connectivity index (χ0n) is 18.0. The van der Waals surface area contributed by atoms with Crippen LogP contribution < -0.4 is 10.1 Å². The van der Waals surface area contributed by atoms with Gasteiger partial charge in [-0.3, -0.25) is 4.79 Å². The molecule has 0 saturated heterocycles. The topological polar surface area (TPSA) is 75.7 Å². The first kappa shape index (κ1) is 22.0. The Morgan fingerprint density at radius 3 is 2.50 bits per heavy atom. The smallest absolute Gasteiger partial charge is 0.251 e. The Morgan fingerprint density at radius 2 is 1.75 bits per heavy atom. The number of nitrogens with one attached hydrogen (secondary N) is 1. The zero-order chi connectivity index (χ0) is 22.6. The number of hydrogen-bond acceptors (Lipinski definition) is 4. The number of carbonyl (C=O) groups excluding carboxylic acids is 1. The Bertz CT molecular complexity index is 1190. The van der Waals surface area contributed by atoms with Gasteiger partial charge in [0.15, 0.2) is 0 Å². The highest BCUT2D eigenvalue weighted by Gasteiger charge is 2.26. The summed E-state index contributed by atoms with van der Waals surface area (Å²) < 4.78 is 33.2. The van der Waals surface area contributed by atoms with Crippen LogP contribution >= 0.6 is 0 Å². The summed E-state index contributed by atoms with van der Waals surface area (Å²) in [6, 6.07) is 22.3. The first-order chi connectivity index (χ1) is 15.4. The van der Waals surface area contributed by atoms with Gasteiger partial charge in [-0.25, -0.2) is 8.42 Å². The van der Waals surface area contributed by atoms with Gasteiger partial charge < -0.3 is 10.1 Å². The summed E-state index contributed by atoms with van der Waals surface area (Å²) in [4.78, 5) is 12.7. The first-order valence-electron chi connectivity index (χ1n) is 10.5. The predicted molar refractivity (Wildman–Crippen MR) is 124 cm³/mol. The van der Waals surface area contributed by atoms with E-state index in [1.807, 2.05) is 49.4 Å². The molecule has 166 valence electrons. The van der Waals surface area contributed by atoms with Gasteiger partial charge in [-0.1, -0.05) is 60.2 Å². The maximum absolute atomic E-state index is 13.0. The molecule has 1 aliphatic rings. The fourth-order valence-corrected chi connectivity index (χ4v) is 5.10. The minimum absolute atomic E-state index is 0.0695. The fourth-order valence-electron chi connectivity index (χ4n) is 3.62. The lowest BCUT2D eigenvalue weighted by Gasteiger charge is -2.19. The second kappa shape index (κ2) is 9.54. The van der Waals surface area contributed by atoms with Crippen LogP contribution in [-0.2, 0) is 28.9 Å². The molecule has 1 heterocycles. The molecule has 0 aromatic heterocycles. The van der Waals surface area contributed by atoms with E-state index < -0.39 is 10.0 Å². The Morgan fingerprint density at radius 1 is 1.00 bits per heavy atom. The van der Waals surface area contributed by atoms with Crippen LogP contribution in [0.1, 0.15) is 32.6 Å². The number of hydrogen-bond donors (Lipinski definition) is 1. The van der Waals surface area contributed by atoms with Gasteiger partial charge in [0.05, 0.1) is 5.75 Å².